The SMILES string of the molecule is C[C@H](CO)N1C[C@H](C)[C@H](CN(C)Cc2ccc(C(=O)Nc3ccccc3N)cc2)Oc2c(NC(=O)Nc3ccccc3)cccc2C1=O. The fourth-order valence-corrected chi connectivity index (χ4v) is 5.62. The minimum atomic E-state index is -0.473. The van der Waals surface area contributed by atoms with Crippen LogP contribution < -0.4 is 26.4 Å². The number of urea groups is 1. The number of hydrogen-bond donors (Lipinski definition) is 5. The molecule has 0 spiro atoms. The second-order valence-electron chi connectivity index (χ2n) is 12.2. The lowest BCUT2D eigenvalue weighted by atomic mass is 9.98. The molecule has 1 aliphatic rings. The molecule has 4 aromatic carbocycles. The van der Waals surface area contributed by atoms with Crippen LogP contribution in [-0.2, 0) is 6.54 Å². The molecule has 0 unspecified atom stereocenters. The zero-order valence-electron chi connectivity index (χ0n) is 27.4. The van der Waals surface area contributed by atoms with Gasteiger partial charge in [-0.2, -0.15) is 0 Å². The van der Waals surface area contributed by atoms with Crippen molar-refractivity contribution < 1.29 is 24.2 Å². The van der Waals surface area contributed by atoms with E-state index in [0.717, 1.165) is 5.56 Å². The van der Waals surface area contributed by atoms with Crippen molar-refractivity contribution in [1.82, 2.24) is 9.80 Å². The number of carbonyl (C=O) groups excluding carboxylic acids is 3. The normalized spacial score (nSPS) is 16.6. The van der Waals surface area contributed by atoms with E-state index in [4.69, 9.17) is 10.5 Å². The molecule has 0 aliphatic carbocycles. The highest BCUT2D eigenvalue weighted by Crippen LogP contribution is 2.35. The lowest BCUT2D eigenvalue weighted by Crippen LogP contribution is -2.49. The third-order valence-corrected chi connectivity index (χ3v) is 8.34. The quantitative estimate of drug-likeness (QED) is 0.142. The van der Waals surface area contributed by atoms with Crippen LogP contribution in [0.5, 0.6) is 5.75 Å². The van der Waals surface area contributed by atoms with Crippen molar-refractivity contribution in [3.63, 3.8) is 0 Å². The topological polar surface area (TPSA) is 149 Å². The summed E-state index contributed by atoms with van der Waals surface area (Å²) in [6, 6.07) is 27.7. The van der Waals surface area contributed by atoms with Gasteiger partial charge in [-0.15, -0.1) is 0 Å². The van der Waals surface area contributed by atoms with Crippen LogP contribution >= 0.6 is 0 Å². The number of rotatable bonds is 10. The highest BCUT2D eigenvalue weighted by molar-refractivity contribution is 6.06. The summed E-state index contributed by atoms with van der Waals surface area (Å²) in [4.78, 5) is 43.3. The summed E-state index contributed by atoms with van der Waals surface area (Å²) >= 11 is 0. The number of nitrogens with zero attached hydrogens (tertiary/aromatic N) is 2. The second-order valence-corrected chi connectivity index (χ2v) is 12.2. The maximum Gasteiger partial charge on any atom is 0.323 e. The van der Waals surface area contributed by atoms with E-state index in [2.05, 4.69) is 20.9 Å². The third kappa shape index (κ3) is 8.30. The Labute approximate surface area is 280 Å². The number of amides is 4. The first-order valence-electron chi connectivity index (χ1n) is 15.9. The van der Waals surface area contributed by atoms with Crippen LogP contribution in [0.3, 0.4) is 0 Å². The highest BCUT2D eigenvalue weighted by atomic mass is 16.5. The number of ether oxygens (including phenoxy) is 1. The van der Waals surface area contributed by atoms with Gasteiger partial charge in [0.05, 0.1) is 35.3 Å². The lowest BCUT2D eigenvalue weighted by Gasteiger charge is -2.38. The molecule has 11 nitrogen and oxygen atoms in total. The first-order valence-corrected chi connectivity index (χ1v) is 15.9. The molecule has 0 saturated carbocycles. The van der Waals surface area contributed by atoms with Crippen molar-refractivity contribution in [2.45, 2.75) is 32.5 Å². The summed E-state index contributed by atoms with van der Waals surface area (Å²) in [6.07, 6.45) is -0.378. The molecule has 3 atom stereocenters. The molecule has 1 heterocycles. The van der Waals surface area contributed by atoms with Crippen LogP contribution in [0.25, 0.3) is 0 Å². The molecule has 1 aliphatic heterocycles. The van der Waals surface area contributed by atoms with E-state index >= 15 is 0 Å². The van der Waals surface area contributed by atoms with Gasteiger partial charge in [0, 0.05) is 36.8 Å². The third-order valence-electron chi connectivity index (χ3n) is 8.34. The molecule has 250 valence electrons. The number of fused-ring (bicyclic) bond motifs is 1. The van der Waals surface area contributed by atoms with Crippen LogP contribution in [0.2, 0.25) is 0 Å². The van der Waals surface area contributed by atoms with E-state index in [0.29, 0.717) is 53.5 Å². The number of likely N-dealkylation sites (N-methyl/N-ethyl adjacent to an activating group) is 1. The van der Waals surface area contributed by atoms with Gasteiger partial charge in [0.25, 0.3) is 11.8 Å². The van der Waals surface area contributed by atoms with Crippen molar-refractivity contribution in [1.29, 1.82) is 0 Å². The highest BCUT2D eigenvalue weighted by Gasteiger charge is 2.34. The molecule has 0 fully saturated rings. The fourth-order valence-electron chi connectivity index (χ4n) is 5.62. The zero-order valence-corrected chi connectivity index (χ0v) is 27.4. The number of nitrogens with two attached hydrogens (primary N) is 1. The number of para-hydroxylation sites is 4. The summed E-state index contributed by atoms with van der Waals surface area (Å²) in [5.74, 6) is -0.376. The number of anilines is 4. The molecular weight excluding hydrogens is 608 g/mol. The van der Waals surface area contributed by atoms with Crippen LogP contribution in [0.4, 0.5) is 27.5 Å². The molecule has 4 aromatic rings. The molecule has 0 radical (unpaired) electrons. The number of hydrogen-bond acceptors (Lipinski definition) is 7. The maximum absolute atomic E-state index is 13.8. The van der Waals surface area contributed by atoms with Gasteiger partial charge in [-0.25, -0.2) is 4.79 Å². The Morgan fingerprint density at radius 1 is 0.938 bits per heavy atom. The molecule has 11 heteroatoms. The van der Waals surface area contributed by atoms with Crippen molar-refractivity contribution in [2.75, 3.05) is 48.4 Å². The van der Waals surface area contributed by atoms with E-state index < -0.39 is 12.1 Å². The van der Waals surface area contributed by atoms with Gasteiger partial charge in [-0.05, 0) is 68.1 Å². The van der Waals surface area contributed by atoms with Gasteiger partial charge in [-0.1, -0.05) is 55.5 Å². The van der Waals surface area contributed by atoms with Gasteiger partial charge in [0.1, 0.15) is 6.10 Å². The number of aliphatic hydroxyl groups is 1. The van der Waals surface area contributed by atoms with Crippen molar-refractivity contribution >= 4 is 40.6 Å². The summed E-state index contributed by atoms with van der Waals surface area (Å²) in [6.45, 7) is 5.07. The predicted octanol–water partition coefficient (Wildman–Crippen LogP) is 5.52. The fraction of sp³-hybridized carbons (Fsp3) is 0.270. The van der Waals surface area contributed by atoms with E-state index in [1.165, 1.54) is 0 Å². The molecular formula is C37H42N6O5. The van der Waals surface area contributed by atoms with Gasteiger partial charge in [0.2, 0.25) is 0 Å². The molecule has 4 amide bonds. The van der Waals surface area contributed by atoms with Crippen LogP contribution in [0.15, 0.2) is 97.1 Å². The number of nitrogen functional groups attached to an aromatic ring is 1. The zero-order chi connectivity index (χ0) is 34.2. The van der Waals surface area contributed by atoms with E-state index in [9.17, 15) is 19.5 Å². The van der Waals surface area contributed by atoms with Crippen molar-refractivity contribution in [3.05, 3.63) is 114 Å². The average molecular weight is 651 g/mol. The number of carbonyl (C=O) groups is 3. The van der Waals surface area contributed by atoms with Gasteiger partial charge >= 0.3 is 6.03 Å². The molecule has 0 saturated heterocycles. The maximum atomic E-state index is 13.8. The summed E-state index contributed by atoms with van der Waals surface area (Å²) in [5, 5.41) is 18.5. The molecule has 5 rings (SSSR count). The smallest absolute Gasteiger partial charge is 0.323 e. The standard InChI is InChI=1S/C37H42N6O5/c1-24-20-43(25(2)23-44)36(46)29-12-9-15-32(41-37(47)39-28-10-5-4-6-11-28)34(29)48-33(24)22-42(3)21-26-16-18-27(19-17-26)35(45)40-31-14-8-7-13-30(31)38/h4-19,24-25,33,44H,20-23,38H2,1-3H3,(H,40,45)(H2,39,41,47)/t24-,25+,33-/m0/s1. The number of nitrogens with one attached hydrogen (secondary N) is 3. The van der Waals surface area contributed by atoms with E-state index in [1.54, 1.807) is 59.5 Å². The monoisotopic (exact) mass is 650 g/mol. The molecule has 6 N–H and O–H groups in total. The minimum absolute atomic E-state index is 0.124. The Morgan fingerprint density at radius 3 is 2.33 bits per heavy atom. The Morgan fingerprint density at radius 2 is 1.62 bits per heavy atom. The Bertz CT molecular complexity index is 1730. The van der Waals surface area contributed by atoms with Crippen molar-refractivity contribution in [2.24, 2.45) is 5.92 Å². The first kappa shape index (κ1) is 34.0. The van der Waals surface area contributed by atoms with E-state index in [-0.39, 0.29) is 36.2 Å². The van der Waals surface area contributed by atoms with E-state index in [1.807, 2.05) is 63.4 Å². The number of benzene rings is 4. The Kier molecular flexibility index (Phi) is 10.9. The first-order chi connectivity index (χ1) is 23.1. The van der Waals surface area contributed by atoms with Gasteiger partial charge in [-0.3, -0.25) is 14.5 Å². The second kappa shape index (κ2) is 15.5. The predicted molar refractivity (Wildman–Crippen MR) is 188 cm³/mol. The summed E-state index contributed by atoms with van der Waals surface area (Å²) < 4.78 is 6.63. The van der Waals surface area contributed by atoms with Crippen molar-refractivity contribution in [3.8, 4) is 5.75 Å². The summed E-state index contributed by atoms with van der Waals surface area (Å²) in [7, 11) is 1.98. The molecule has 48 heavy (non-hydrogen) atoms. The van der Waals surface area contributed by atoms with Crippen LogP contribution in [0.1, 0.15) is 40.1 Å². The molecule has 0 aromatic heterocycles. The Hall–Kier alpha value is -5.39. The van der Waals surface area contributed by atoms with Crippen LogP contribution in [0, 0.1) is 5.92 Å². The average Bonchev–Trinajstić information content (AvgIpc) is 3.08. The number of aliphatic hydroxyl groups excluding tert-OH is 1. The van der Waals surface area contributed by atoms with Gasteiger partial charge in [0.15, 0.2) is 5.75 Å². The van der Waals surface area contributed by atoms with Gasteiger partial charge < -0.3 is 36.4 Å². The molecule has 0 bridgehead atoms. The largest absolute Gasteiger partial charge is 0.486 e. The Balaban J connectivity index is 1.33. The minimum Gasteiger partial charge on any atom is -0.486 e. The lowest BCUT2D eigenvalue weighted by molar-refractivity contribution is 0.0343. The summed E-state index contributed by atoms with van der Waals surface area (Å²) in [5.41, 5.74) is 9.82. The van der Waals surface area contributed by atoms with Crippen LogP contribution in [-0.4, -0.2) is 71.6 Å².